The van der Waals surface area contributed by atoms with E-state index < -0.39 is 0 Å². The van der Waals surface area contributed by atoms with Crippen molar-refractivity contribution >= 4 is 0 Å². The molecule has 88 valence electrons. The normalized spacial score (nSPS) is 42.4. The summed E-state index contributed by atoms with van der Waals surface area (Å²) in [5.74, 6) is 0.974. The van der Waals surface area contributed by atoms with E-state index in [1.807, 2.05) is 0 Å². The highest BCUT2D eigenvalue weighted by Gasteiger charge is 2.58. The molecule has 2 rings (SSSR count). The predicted molar refractivity (Wildman–Crippen MR) is 65.9 cm³/mol. The number of unbranched alkanes of at least 4 members (excludes halogenated alkanes) is 1. The molecule has 0 aromatic carbocycles. The van der Waals surface area contributed by atoms with Gasteiger partial charge in [0.15, 0.2) is 0 Å². The van der Waals surface area contributed by atoms with E-state index in [0.29, 0.717) is 10.8 Å². The number of nitrogens with one attached hydrogen (secondary N) is 1. The van der Waals surface area contributed by atoms with Crippen LogP contribution in [-0.2, 0) is 0 Å². The van der Waals surface area contributed by atoms with Crippen molar-refractivity contribution in [2.45, 2.75) is 65.8 Å². The summed E-state index contributed by atoms with van der Waals surface area (Å²) < 4.78 is 0. The van der Waals surface area contributed by atoms with Gasteiger partial charge in [-0.2, -0.15) is 0 Å². The van der Waals surface area contributed by atoms with Crippen LogP contribution in [0.1, 0.15) is 59.8 Å². The van der Waals surface area contributed by atoms with Crippen LogP contribution in [0.2, 0.25) is 0 Å². The van der Waals surface area contributed by atoms with Gasteiger partial charge in [0, 0.05) is 6.04 Å². The highest BCUT2D eigenvalue weighted by molar-refractivity contribution is 5.11. The van der Waals surface area contributed by atoms with Crippen LogP contribution in [-0.4, -0.2) is 12.6 Å². The van der Waals surface area contributed by atoms with Crippen LogP contribution < -0.4 is 5.32 Å². The third-order valence-corrected chi connectivity index (χ3v) is 5.15. The second kappa shape index (κ2) is 3.76. The third-order valence-electron chi connectivity index (χ3n) is 5.15. The minimum atomic E-state index is 0.529. The Bertz CT molecular complexity index is 229. The zero-order valence-corrected chi connectivity index (χ0v) is 10.9. The highest BCUT2D eigenvalue weighted by Crippen LogP contribution is 2.62. The van der Waals surface area contributed by atoms with Crippen molar-refractivity contribution in [3.63, 3.8) is 0 Å². The van der Waals surface area contributed by atoms with Gasteiger partial charge in [-0.05, 0) is 49.0 Å². The first-order valence-corrected chi connectivity index (χ1v) is 6.74. The van der Waals surface area contributed by atoms with E-state index in [1.54, 1.807) is 0 Å². The zero-order chi connectivity index (χ0) is 11.1. The predicted octanol–water partition coefficient (Wildman–Crippen LogP) is 3.59. The van der Waals surface area contributed by atoms with E-state index in [1.165, 1.54) is 38.6 Å². The van der Waals surface area contributed by atoms with E-state index in [9.17, 15) is 0 Å². The molecule has 0 aromatic rings. The molecular weight excluding hydrogens is 182 g/mol. The molecule has 2 fully saturated rings. The fourth-order valence-corrected chi connectivity index (χ4v) is 4.23. The Hall–Kier alpha value is -0.0400. The van der Waals surface area contributed by atoms with Gasteiger partial charge in [0.25, 0.3) is 0 Å². The quantitative estimate of drug-likeness (QED) is 0.698. The summed E-state index contributed by atoms with van der Waals surface area (Å²) in [6.07, 6.45) is 7.01. The second-order valence-corrected chi connectivity index (χ2v) is 6.66. The summed E-state index contributed by atoms with van der Waals surface area (Å²) in [4.78, 5) is 0. The lowest BCUT2D eigenvalue weighted by Crippen LogP contribution is -2.50. The third kappa shape index (κ3) is 1.73. The van der Waals surface area contributed by atoms with Crippen molar-refractivity contribution < 1.29 is 0 Å². The lowest BCUT2D eigenvalue weighted by atomic mass is 9.68. The van der Waals surface area contributed by atoms with Gasteiger partial charge < -0.3 is 5.32 Å². The van der Waals surface area contributed by atoms with Gasteiger partial charge in [-0.3, -0.25) is 0 Å². The largest absolute Gasteiger partial charge is 0.313 e. The van der Waals surface area contributed by atoms with Crippen molar-refractivity contribution in [3.8, 4) is 0 Å². The van der Waals surface area contributed by atoms with Crippen LogP contribution in [0.5, 0.6) is 0 Å². The van der Waals surface area contributed by atoms with Crippen LogP contribution in [0, 0.1) is 16.7 Å². The van der Waals surface area contributed by atoms with Gasteiger partial charge in [-0.15, -0.1) is 0 Å². The molecule has 1 nitrogen and oxygen atoms in total. The minimum absolute atomic E-state index is 0.529. The standard InChI is InChI=1S/C14H27N/c1-5-6-9-15-12-13(2,3)11-7-8-14(12,4)10-11/h11-12,15H,5-10H2,1-4H3. The summed E-state index contributed by atoms with van der Waals surface area (Å²) >= 11 is 0. The molecule has 2 aliphatic carbocycles. The smallest absolute Gasteiger partial charge is 0.0175 e. The molecule has 1 heteroatoms. The van der Waals surface area contributed by atoms with E-state index >= 15 is 0 Å². The fourth-order valence-electron chi connectivity index (χ4n) is 4.23. The van der Waals surface area contributed by atoms with Gasteiger partial charge in [-0.1, -0.05) is 34.1 Å². The lowest BCUT2D eigenvalue weighted by molar-refractivity contribution is 0.109. The first-order valence-electron chi connectivity index (χ1n) is 6.74. The first-order chi connectivity index (χ1) is 7.00. The molecule has 0 amide bonds. The molecule has 0 spiro atoms. The van der Waals surface area contributed by atoms with Gasteiger partial charge in [0.1, 0.15) is 0 Å². The van der Waals surface area contributed by atoms with Crippen molar-refractivity contribution in [2.24, 2.45) is 16.7 Å². The van der Waals surface area contributed by atoms with Crippen molar-refractivity contribution in [1.82, 2.24) is 5.32 Å². The first kappa shape index (κ1) is 11.4. The molecule has 2 aliphatic rings. The van der Waals surface area contributed by atoms with Gasteiger partial charge in [0.05, 0.1) is 0 Å². The molecule has 0 radical (unpaired) electrons. The Labute approximate surface area is 95.0 Å². The maximum atomic E-state index is 3.84. The minimum Gasteiger partial charge on any atom is -0.313 e. The zero-order valence-electron chi connectivity index (χ0n) is 10.9. The molecule has 0 saturated heterocycles. The highest BCUT2D eigenvalue weighted by atomic mass is 15.0. The van der Waals surface area contributed by atoms with E-state index in [4.69, 9.17) is 0 Å². The van der Waals surface area contributed by atoms with Crippen LogP contribution in [0.15, 0.2) is 0 Å². The number of fused-ring (bicyclic) bond motifs is 2. The number of hydrogen-bond donors (Lipinski definition) is 1. The van der Waals surface area contributed by atoms with E-state index in [0.717, 1.165) is 12.0 Å². The fraction of sp³-hybridized carbons (Fsp3) is 1.00. The summed E-state index contributed by atoms with van der Waals surface area (Å²) in [5.41, 5.74) is 1.13. The Morgan fingerprint density at radius 3 is 2.53 bits per heavy atom. The van der Waals surface area contributed by atoms with Crippen molar-refractivity contribution in [3.05, 3.63) is 0 Å². The summed E-state index contributed by atoms with van der Waals surface area (Å²) in [6, 6.07) is 0.760. The lowest BCUT2D eigenvalue weighted by Gasteiger charge is -2.43. The van der Waals surface area contributed by atoms with Crippen LogP contribution in [0.3, 0.4) is 0 Å². The topological polar surface area (TPSA) is 12.0 Å². The van der Waals surface area contributed by atoms with Crippen LogP contribution >= 0.6 is 0 Å². The van der Waals surface area contributed by atoms with Gasteiger partial charge >= 0.3 is 0 Å². The maximum Gasteiger partial charge on any atom is 0.0175 e. The van der Waals surface area contributed by atoms with Crippen LogP contribution in [0.25, 0.3) is 0 Å². The summed E-state index contributed by atoms with van der Waals surface area (Å²) in [6.45, 7) is 10.9. The van der Waals surface area contributed by atoms with Gasteiger partial charge in [-0.25, -0.2) is 0 Å². The monoisotopic (exact) mass is 209 g/mol. The average Bonchev–Trinajstić information content (AvgIpc) is 2.62. The summed E-state index contributed by atoms with van der Waals surface area (Å²) in [7, 11) is 0. The Kier molecular flexibility index (Phi) is 2.87. The molecule has 15 heavy (non-hydrogen) atoms. The summed E-state index contributed by atoms with van der Waals surface area (Å²) in [5, 5.41) is 3.84. The van der Waals surface area contributed by atoms with Gasteiger partial charge in [0.2, 0.25) is 0 Å². The van der Waals surface area contributed by atoms with E-state index in [-0.39, 0.29) is 0 Å². The number of rotatable bonds is 4. The Balaban J connectivity index is 2.02. The second-order valence-electron chi connectivity index (χ2n) is 6.66. The van der Waals surface area contributed by atoms with E-state index in [2.05, 4.69) is 33.0 Å². The Morgan fingerprint density at radius 2 is 2.00 bits per heavy atom. The van der Waals surface area contributed by atoms with Crippen LogP contribution in [0.4, 0.5) is 0 Å². The molecule has 1 N–H and O–H groups in total. The molecule has 2 saturated carbocycles. The average molecular weight is 209 g/mol. The Morgan fingerprint density at radius 1 is 1.27 bits per heavy atom. The molecular formula is C14H27N. The molecule has 0 aromatic heterocycles. The molecule has 0 aliphatic heterocycles. The van der Waals surface area contributed by atoms with Crippen molar-refractivity contribution in [1.29, 1.82) is 0 Å². The number of hydrogen-bond acceptors (Lipinski definition) is 1. The molecule has 2 bridgehead atoms. The maximum absolute atomic E-state index is 3.84. The molecule has 3 unspecified atom stereocenters. The van der Waals surface area contributed by atoms with Crippen molar-refractivity contribution in [2.75, 3.05) is 6.54 Å². The SMILES string of the molecule is CCCCNC1C2(C)CCC(C2)C1(C)C. The molecule has 0 heterocycles. The molecule has 3 atom stereocenters.